The van der Waals surface area contributed by atoms with Crippen molar-refractivity contribution >= 4 is 22.8 Å². The first-order valence-electron chi connectivity index (χ1n) is 8.49. The number of aromatic nitrogens is 3. The monoisotopic (exact) mass is 329 g/mol. The van der Waals surface area contributed by atoms with Gasteiger partial charge in [0.15, 0.2) is 0 Å². The van der Waals surface area contributed by atoms with Crippen molar-refractivity contribution in [1.82, 2.24) is 19.9 Å². The zero-order valence-electron chi connectivity index (χ0n) is 14.0. The molecule has 7 nitrogen and oxygen atoms in total. The summed E-state index contributed by atoms with van der Waals surface area (Å²) in [7, 11) is 2.10. The number of likely N-dealkylation sites (tertiary alicyclic amines) is 1. The number of H-pyrrole nitrogens is 1. The molecular formula is C17H23N5O2. The van der Waals surface area contributed by atoms with E-state index < -0.39 is 0 Å². The third kappa shape index (κ3) is 2.26. The van der Waals surface area contributed by atoms with Crippen LogP contribution >= 0.6 is 0 Å². The molecule has 2 fully saturated rings. The zero-order valence-corrected chi connectivity index (χ0v) is 14.0. The highest BCUT2D eigenvalue weighted by Crippen LogP contribution is 2.45. The smallest absolute Gasteiger partial charge is 0.248 e. The first-order chi connectivity index (χ1) is 11.6. The molecular weight excluding hydrogens is 306 g/mol. The molecule has 2 aromatic rings. The van der Waals surface area contributed by atoms with Crippen molar-refractivity contribution in [3.05, 3.63) is 18.6 Å². The van der Waals surface area contributed by atoms with Crippen LogP contribution in [0.1, 0.15) is 13.3 Å². The second-order valence-corrected chi connectivity index (χ2v) is 7.09. The number of anilines is 1. The summed E-state index contributed by atoms with van der Waals surface area (Å²) in [6.07, 6.45) is 4.54. The van der Waals surface area contributed by atoms with Gasteiger partial charge in [-0.1, -0.05) is 6.92 Å². The number of nitrogens with zero attached hydrogens (tertiary/aromatic N) is 4. The van der Waals surface area contributed by atoms with Gasteiger partial charge in [-0.25, -0.2) is 9.97 Å². The Labute approximate surface area is 140 Å². The number of hydrogen-bond acceptors (Lipinski definition) is 5. The number of aliphatic hydroxyl groups is 1. The summed E-state index contributed by atoms with van der Waals surface area (Å²) in [6.45, 7) is 3.42. The lowest BCUT2D eigenvalue weighted by Gasteiger charge is -2.31. The molecule has 2 aliphatic rings. The minimum absolute atomic E-state index is 0.147. The summed E-state index contributed by atoms with van der Waals surface area (Å²) in [5.74, 6) is 2.29. The standard InChI is InChI=1S/C17H23N5O2/c1-10-13-7-22(15(24)8-23)6-11(13)5-14(10)21(2)17-12-3-4-18-16(12)19-9-20-17/h3-4,9-11,13-14,23H,5-8H2,1-2H3,(H,18,19,20)/t10-,11-,13-,14+/m1/s1. The van der Waals surface area contributed by atoms with Crippen LogP contribution in [0.25, 0.3) is 11.0 Å². The summed E-state index contributed by atoms with van der Waals surface area (Å²) < 4.78 is 0. The Hall–Kier alpha value is -2.15. The van der Waals surface area contributed by atoms with E-state index in [4.69, 9.17) is 5.11 Å². The van der Waals surface area contributed by atoms with E-state index in [1.165, 1.54) is 0 Å². The molecule has 1 saturated carbocycles. The van der Waals surface area contributed by atoms with Crippen LogP contribution in [0.2, 0.25) is 0 Å². The lowest BCUT2D eigenvalue weighted by Crippen LogP contribution is -2.39. The Balaban J connectivity index is 1.55. The highest BCUT2D eigenvalue weighted by Gasteiger charge is 2.48. The van der Waals surface area contributed by atoms with Crippen LogP contribution in [-0.4, -0.2) is 63.7 Å². The van der Waals surface area contributed by atoms with Crippen molar-refractivity contribution < 1.29 is 9.90 Å². The van der Waals surface area contributed by atoms with E-state index in [1.807, 2.05) is 17.2 Å². The average molecular weight is 329 g/mol. The van der Waals surface area contributed by atoms with Crippen LogP contribution in [0.15, 0.2) is 18.6 Å². The summed E-state index contributed by atoms with van der Waals surface area (Å²) in [5, 5.41) is 10.1. The third-order valence-electron chi connectivity index (χ3n) is 5.97. The molecule has 0 unspecified atom stereocenters. The number of fused-ring (bicyclic) bond motifs is 2. The molecule has 0 radical (unpaired) electrons. The lowest BCUT2D eigenvalue weighted by molar-refractivity contribution is -0.133. The second kappa shape index (κ2) is 5.73. The highest BCUT2D eigenvalue weighted by atomic mass is 16.3. The van der Waals surface area contributed by atoms with Crippen molar-refractivity contribution in [3.63, 3.8) is 0 Å². The Bertz CT molecular complexity index is 760. The van der Waals surface area contributed by atoms with Crippen molar-refractivity contribution in [2.75, 3.05) is 31.6 Å². The first kappa shape index (κ1) is 15.4. The molecule has 4 rings (SSSR count). The third-order valence-corrected chi connectivity index (χ3v) is 5.97. The van der Waals surface area contributed by atoms with Gasteiger partial charge in [0, 0.05) is 32.4 Å². The topological polar surface area (TPSA) is 85.3 Å². The summed E-state index contributed by atoms with van der Waals surface area (Å²) >= 11 is 0. The van der Waals surface area contributed by atoms with E-state index in [0.717, 1.165) is 36.4 Å². The summed E-state index contributed by atoms with van der Waals surface area (Å²) in [6, 6.07) is 2.42. The number of aromatic amines is 1. The Kier molecular flexibility index (Phi) is 3.68. The van der Waals surface area contributed by atoms with Gasteiger partial charge in [-0.15, -0.1) is 0 Å². The largest absolute Gasteiger partial charge is 0.387 e. The van der Waals surface area contributed by atoms with Crippen molar-refractivity contribution in [2.45, 2.75) is 19.4 Å². The van der Waals surface area contributed by atoms with E-state index >= 15 is 0 Å². The van der Waals surface area contributed by atoms with Crippen LogP contribution < -0.4 is 4.90 Å². The maximum atomic E-state index is 11.8. The Morgan fingerprint density at radius 2 is 2.29 bits per heavy atom. The van der Waals surface area contributed by atoms with Gasteiger partial charge in [-0.3, -0.25) is 4.79 Å². The number of hydrogen-bond donors (Lipinski definition) is 2. The van der Waals surface area contributed by atoms with Gasteiger partial charge >= 0.3 is 0 Å². The number of carbonyl (C=O) groups is 1. The number of aliphatic hydroxyl groups excluding tert-OH is 1. The quantitative estimate of drug-likeness (QED) is 0.873. The Morgan fingerprint density at radius 3 is 3.04 bits per heavy atom. The molecule has 0 aromatic carbocycles. The molecule has 4 atom stereocenters. The molecule has 2 N–H and O–H groups in total. The number of carbonyl (C=O) groups excluding carboxylic acids is 1. The molecule has 128 valence electrons. The maximum absolute atomic E-state index is 11.8. The minimum atomic E-state index is -0.385. The molecule has 1 amide bonds. The van der Waals surface area contributed by atoms with E-state index in [1.54, 1.807) is 6.33 Å². The van der Waals surface area contributed by atoms with Gasteiger partial charge in [0.25, 0.3) is 0 Å². The van der Waals surface area contributed by atoms with Crippen LogP contribution in [0.5, 0.6) is 0 Å². The van der Waals surface area contributed by atoms with Crippen molar-refractivity contribution in [3.8, 4) is 0 Å². The zero-order chi connectivity index (χ0) is 16.8. The molecule has 0 spiro atoms. The SMILES string of the molecule is C[C@@H]1[C@H]2CN(C(=O)CO)C[C@H]2C[C@@H]1N(C)c1ncnc2[nH]ccc12. The molecule has 3 heterocycles. The predicted octanol–water partition coefficient (Wildman–Crippen LogP) is 0.869. The predicted molar refractivity (Wildman–Crippen MR) is 90.5 cm³/mol. The first-order valence-corrected chi connectivity index (χ1v) is 8.49. The highest BCUT2D eigenvalue weighted by molar-refractivity contribution is 5.87. The molecule has 1 saturated heterocycles. The van der Waals surface area contributed by atoms with Gasteiger partial charge in [0.05, 0.1) is 5.39 Å². The van der Waals surface area contributed by atoms with Gasteiger partial charge in [0.2, 0.25) is 5.91 Å². The van der Waals surface area contributed by atoms with Gasteiger partial charge < -0.3 is 19.9 Å². The van der Waals surface area contributed by atoms with Crippen LogP contribution in [0.3, 0.4) is 0 Å². The molecule has 24 heavy (non-hydrogen) atoms. The Morgan fingerprint density at radius 1 is 1.46 bits per heavy atom. The van der Waals surface area contributed by atoms with Crippen LogP contribution in [0, 0.1) is 17.8 Å². The molecule has 1 aliphatic carbocycles. The number of amides is 1. The summed E-state index contributed by atoms with van der Waals surface area (Å²) in [4.78, 5) is 27.8. The molecule has 0 bridgehead atoms. The van der Waals surface area contributed by atoms with Crippen LogP contribution in [0.4, 0.5) is 5.82 Å². The number of rotatable bonds is 3. The van der Waals surface area contributed by atoms with E-state index in [0.29, 0.717) is 23.8 Å². The number of nitrogens with one attached hydrogen (secondary N) is 1. The van der Waals surface area contributed by atoms with E-state index in [9.17, 15) is 4.79 Å². The average Bonchev–Trinajstić information content (AvgIpc) is 3.29. The normalized spacial score (nSPS) is 29.2. The molecule has 2 aromatic heterocycles. The van der Waals surface area contributed by atoms with Gasteiger partial charge in [-0.05, 0) is 30.2 Å². The molecule has 1 aliphatic heterocycles. The fourth-order valence-electron chi connectivity index (χ4n) is 4.66. The maximum Gasteiger partial charge on any atom is 0.248 e. The van der Waals surface area contributed by atoms with Gasteiger partial charge in [0.1, 0.15) is 24.4 Å². The van der Waals surface area contributed by atoms with Crippen LogP contribution in [-0.2, 0) is 4.79 Å². The molecule has 7 heteroatoms. The second-order valence-electron chi connectivity index (χ2n) is 7.09. The van der Waals surface area contributed by atoms with E-state index in [2.05, 4.69) is 33.8 Å². The lowest BCUT2D eigenvalue weighted by atomic mass is 9.93. The fourth-order valence-corrected chi connectivity index (χ4v) is 4.66. The minimum Gasteiger partial charge on any atom is -0.387 e. The van der Waals surface area contributed by atoms with Gasteiger partial charge in [-0.2, -0.15) is 0 Å². The van der Waals surface area contributed by atoms with E-state index in [-0.39, 0.29) is 12.5 Å². The summed E-state index contributed by atoms with van der Waals surface area (Å²) in [5.41, 5.74) is 0.859. The van der Waals surface area contributed by atoms with Crippen molar-refractivity contribution in [2.24, 2.45) is 17.8 Å². The van der Waals surface area contributed by atoms with Crippen molar-refractivity contribution in [1.29, 1.82) is 0 Å². The fraction of sp³-hybridized carbons (Fsp3) is 0.588.